The van der Waals surface area contributed by atoms with Crippen LogP contribution in [0.1, 0.15) is 52.9 Å². The van der Waals surface area contributed by atoms with Crippen molar-refractivity contribution in [3.8, 4) is 22.3 Å². The monoisotopic (exact) mass is 416 g/mol. The highest BCUT2D eigenvalue weighted by Crippen LogP contribution is 2.36. The van der Waals surface area contributed by atoms with E-state index in [4.69, 9.17) is 0 Å². The molecule has 3 aromatic carbocycles. The summed E-state index contributed by atoms with van der Waals surface area (Å²) in [7, 11) is 0. The predicted octanol–water partition coefficient (Wildman–Crippen LogP) is 8.75. The van der Waals surface area contributed by atoms with E-state index in [1.807, 2.05) is 12.1 Å². The van der Waals surface area contributed by atoms with Crippen molar-refractivity contribution in [2.45, 2.75) is 46.0 Å². The average Bonchev–Trinajstić information content (AvgIpc) is 2.72. The minimum atomic E-state index is -1.56. The van der Waals surface area contributed by atoms with E-state index in [0.717, 1.165) is 23.6 Å². The van der Waals surface area contributed by atoms with Gasteiger partial charge in [-0.25, -0.2) is 17.6 Å². The van der Waals surface area contributed by atoms with Crippen LogP contribution in [0.4, 0.5) is 17.6 Å². The minimum absolute atomic E-state index is 0. The van der Waals surface area contributed by atoms with Gasteiger partial charge in [0.25, 0.3) is 0 Å². The summed E-state index contributed by atoms with van der Waals surface area (Å²) >= 11 is 0. The van der Waals surface area contributed by atoms with Gasteiger partial charge in [0.2, 0.25) is 0 Å². The Balaban J connectivity index is 0.00000171. The van der Waals surface area contributed by atoms with E-state index in [-0.39, 0.29) is 20.0 Å². The Morgan fingerprint density at radius 3 is 1.77 bits per heavy atom. The van der Waals surface area contributed by atoms with Crippen molar-refractivity contribution >= 4 is 0 Å². The zero-order valence-electron chi connectivity index (χ0n) is 16.2. The molecule has 0 nitrogen and oxygen atoms in total. The molecule has 4 rings (SSSR count). The topological polar surface area (TPSA) is 0 Å². The zero-order valence-corrected chi connectivity index (χ0v) is 16.2. The number of benzene rings is 3. The van der Waals surface area contributed by atoms with Crippen molar-refractivity contribution in [1.82, 2.24) is 0 Å². The Kier molecular flexibility index (Phi) is 6.64. The van der Waals surface area contributed by atoms with Gasteiger partial charge in [-0.2, -0.15) is 0 Å². The summed E-state index contributed by atoms with van der Waals surface area (Å²) in [5.74, 6) is -3.46. The van der Waals surface area contributed by atoms with Crippen molar-refractivity contribution < 1.29 is 19.0 Å². The van der Waals surface area contributed by atoms with E-state index in [1.54, 1.807) is 6.07 Å². The normalized spacial score (nSPS) is 18.7. The van der Waals surface area contributed by atoms with E-state index < -0.39 is 23.3 Å². The van der Waals surface area contributed by atoms with Gasteiger partial charge in [0.05, 0.1) is 0 Å². The molecule has 1 fully saturated rings. The summed E-state index contributed by atoms with van der Waals surface area (Å²) in [4.78, 5) is 0. The quantitative estimate of drug-likeness (QED) is 0.296. The van der Waals surface area contributed by atoms with E-state index in [1.165, 1.54) is 43.4 Å². The molecule has 0 bridgehead atoms. The molecule has 0 amide bonds. The van der Waals surface area contributed by atoms with Crippen LogP contribution in [-0.4, -0.2) is 0 Å². The summed E-state index contributed by atoms with van der Waals surface area (Å²) in [6, 6.07) is 14.3. The Bertz CT molecular complexity index is 999. The van der Waals surface area contributed by atoms with Gasteiger partial charge in [0.1, 0.15) is 5.82 Å². The first-order valence-electron chi connectivity index (χ1n) is 9.97. The third kappa shape index (κ3) is 4.43. The fourth-order valence-corrected chi connectivity index (χ4v) is 4.18. The molecule has 0 radical (unpaired) electrons. The summed E-state index contributed by atoms with van der Waals surface area (Å²) in [5, 5.41) is 0. The van der Waals surface area contributed by atoms with Gasteiger partial charge in [-0.15, -0.1) is 0 Å². The molecule has 1 aliphatic rings. The van der Waals surface area contributed by atoms with Gasteiger partial charge < -0.3 is 0 Å². The third-order valence-corrected chi connectivity index (χ3v) is 6.00. The van der Waals surface area contributed by atoms with Crippen molar-refractivity contribution in [3.63, 3.8) is 0 Å². The fourth-order valence-electron chi connectivity index (χ4n) is 4.18. The third-order valence-electron chi connectivity index (χ3n) is 6.00. The second-order valence-corrected chi connectivity index (χ2v) is 8.03. The summed E-state index contributed by atoms with van der Waals surface area (Å²) in [6.45, 7) is 2.30. The van der Waals surface area contributed by atoms with Crippen LogP contribution in [0.25, 0.3) is 22.3 Å². The Morgan fingerprint density at radius 1 is 0.667 bits per heavy atom. The lowest BCUT2D eigenvalue weighted by Crippen LogP contribution is -2.10. The lowest BCUT2D eigenvalue weighted by atomic mass is 9.79. The number of halogens is 4. The molecule has 30 heavy (non-hydrogen) atoms. The molecule has 1 aliphatic carbocycles. The fraction of sp³-hybridized carbons (Fsp3) is 0.308. The first-order valence-corrected chi connectivity index (χ1v) is 9.97. The summed E-state index contributed by atoms with van der Waals surface area (Å²) < 4.78 is 54.8. The summed E-state index contributed by atoms with van der Waals surface area (Å²) in [5.41, 5.74) is 2.86. The van der Waals surface area contributed by atoms with Gasteiger partial charge in [0, 0.05) is 6.99 Å². The molecule has 0 N–H and O–H groups in total. The molecule has 0 unspecified atom stereocenters. The van der Waals surface area contributed by atoms with Crippen molar-refractivity contribution in [1.29, 1.82) is 0 Å². The molecule has 4 heteroatoms. The van der Waals surface area contributed by atoms with E-state index >= 15 is 0 Å². The van der Waals surface area contributed by atoms with E-state index in [9.17, 15) is 17.6 Å². The summed E-state index contributed by atoms with van der Waals surface area (Å²) in [6.07, 6.45) is 4.91. The van der Waals surface area contributed by atoms with Crippen LogP contribution in [0.15, 0.2) is 54.6 Å². The predicted molar refractivity (Wildman–Crippen MR) is 116 cm³/mol. The van der Waals surface area contributed by atoms with Crippen molar-refractivity contribution in [2.24, 2.45) is 5.92 Å². The molecule has 0 aromatic heterocycles. The van der Waals surface area contributed by atoms with Gasteiger partial charge in [0.15, 0.2) is 17.5 Å². The number of hydrogen-bond donors (Lipinski definition) is 0. The molecule has 0 aliphatic heterocycles. The highest BCUT2D eigenvalue weighted by atomic mass is 19.2. The van der Waals surface area contributed by atoms with Crippen molar-refractivity contribution in [2.75, 3.05) is 0 Å². The first kappa shape index (κ1) is 22.1. The van der Waals surface area contributed by atoms with Crippen LogP contribution in [0, 0.1) is 29.2 Å². The lowest BCUT2D eigenvalue weighted by molar-refractivity contribution is 0.348. The molecule has 0 heterocycles. The van der Waals surface area contributed by atoms with Crippen LogP contribution in [-0.2, 0) is 0 Å². The Hall–Kier alpha value is -2.62. The lowest BCUT2D eigenvalue weighted by Gasteiger charge is -2.26. The zero-order chi connectivity index (χ0) is 20.5. The molecule has 0 spiro atoms. The van der Waals surface area contributed by atoms with Gasteiger partial charge in [-0.05, 0) is 65.1 Å². The van der Waals surface area contributed by atoms with E-state index in [0.29, 0.717) is 11.5 Å². The number of rotatable bonds is 3. The highest BCUT2D eigenvalue weighted by molar-refractivity contribution is 5.71. The van der Waals surface area contributed by atoms with Gasteiger partial charge in [-0.1, -0.05) is 63.6 Å². The van der Waals surface area contributed by atoms with Crippen LogP contribution in [0.2, 0.25) is 0 Å². The van der Waals surface area contributed by atoms with Crippen LogP contribution in [0.5, 0.6) is 0 Å². The second kappa shape index (κ2) is 9.03. The van der Waals surface area contributed by atoms with Crippen LogP contribution >= 0.6 is 0 Å². The van der Waals surface area contributed by atoms with Gasteiger partial charge >= 0.3 is 0 Å². The smallest absolute Gasteiger partial charge is 0.194 e. The maximum atomic E-state index is 14.7. The molecule has 1 saturated carbocycles. The van der Waals surface area contributed by atoms with E-state index in [2.05, 4.69) is 19.1 Å². The standard InChI is InChI=1S/C25H22F4.CH4.H2/c1-15-2-4-16(5-3-15)17-6-8-18(9-7-17)19-10-11-21(22(26)12-19)20-13-23(27)25(29)24(28)14-20;;/h6-16H,2-5H2,1H3;1H4;1H. The van der Waals surface area contributed by atoms with Crippen LogP contribution in [0.3, 0.4) is 0 Å². The minimum Gasteiger partial charge on any atom is -0.206 e. The van der Waals surface area contributed by atoms with Gasteiger partial charge in [-0.3, -0.25) is 0 Å². The Morgan fingerprint density at radius 2 is 1.20 bits per heavy atom. The van der Waals surface area contributed by atoms with Crippen LogP contribution < -0.4 is 0 Å². The SMILES string of the molecule is C.CC1CCC(c2ccc(-c3ccc(-c4cc(F)c(F)c(F)c4)c(F)c3)cc2)CC1.[HH]. The molecular formula is C26H28F4. The van der Waals surface area contributed by atoms with Crippen molar-refractivity contribution in [3.05, 3.63) is 83.4 Å². The Labute approximate surface area is 177 Å². The maximum absolute atomic E-state index is 14.7. The molecule has 0 saturated heterocycles. The molecule has 3 aromatic rings. The second-order valence-electron chi connectivity index (χ2n) is 8.03. The molecule has 0 atom stereocenters. The maximum Gasteiger partial charge on any atom is 0.194 e. The molecule has 160 valence electrons. The average molecular weight is 417 g/mol. The number of hydrogen-bond acceptors (Lipinski definition) is 0. The largest absolute Gasteiger partial charge is 0.206 e. The first-order chi connectivity index (χ1) is 13.9. The molecular weight excluding hydrogens is 388 g/mol. The highest BCUT2D eigenvalue weighted by Gasteiger charge is 2.20.